The lowest BCUT2D eigenvalue weighted by Crippen LogP contribution is -2.29. The number of halogens is 1. The Labute approximate surface area is 115 Å². The van der Waals surface area contributed by atoms with Gasteiger partial charge in [0.2, 0.25) is 0 Å². The highest BCUT2D eigenvalue weighted by molar-refractivity contribution is 14.1. The molecule has 1 aromatic carbocycles. The average Bonchev–Trinajstić information content (AvgIpc) is 2.35. The zero-order valence-corrected chi connectivity index (χ0v) is 11.9. The van der Waals surface area contributed by atoms with Crippen LogP contribution < -0.4 is 5.32 Å². The highest BCUT2D eigenvalue weighted by Crippen LogP contribution is 2.32. The van der Waals surface area contributed by atoms with E-state index in [9.17, 15) is 4.79 Å². The minimum absolute atomic E-state index is 0.227. The smallest absolute Gasteiger partial charge is 0.326 e. The molecule has 0 bridgehead atoms. The first-order valence-electron chi connectivity index (χ1n) is 5.35. The molecule has 3 nitrogen and oxygen atoms in total. The Morgan fingerprint density at radius 3 is 2.76 bits per heavy atom. The van der Waals surface area contributed by atoms with Gasteiger partial charge in [-0.05, 0) is 18.7 Å². The van der Waals surface area contributed by atoms with Crippen molar-refractivity contribution in [2.45, 2.75) is 10.3 Å². The molecule has 0 heterocycles. The van der Waals surface area contributed by atoms with Crippen LogP contribution in [0.5, 0.6) is 0 Å². The summed E-state index contributed by atoms with van der Waals surface area (Å²) in [7, 11) is 0. The van der Waals surface area contributed by atoms with Crippen LogP contribution >= 0.6 is 22.6 Å². The van der Waals surface area contributed by atoms with Gasteiger partial charge < -0.3 is 10.1 Å². The molecule has 1 rings (SSSR count). The fraction of sp³-hybridized carbons (Fsp3) is 0.308. The summed E-state index contributed by atoms with van der Waals surface area (Å²) in [6.07, 6.45) is 1.58. The van der Waals surface area contributed by atoms with Gasteiger partial charge in [0.25, 0.3) is 0 Å². The van der Waals surface area contributed by atoms with Crippen LogP contribution in [0, 0.1) is 0 Å². The Bertz CT molecular complexity index is 376. The second-order valence-electron chi connectivity index (χ2n) is 3.66. The summed E-state index contributed by atoms with van der Waals surface area (Å²) in [5, 5.41) is 2.88. The standard InChI is InChI=1S/C13H16INO2/c1-3-15-9-10-17-12(16)13(2,14)11-7-5-4-6-8-11/h3-8,15H,1,9-10H2,2H3. The summed E-state index contributed by atoms with van der Waals surface area (Å²) in [6.45, 7) is 6.30. The number of esters is 1. The largest absolute Gasteiger partial charge is 0.463 e. The van der Waals surface area contributed by atoms with Crippen molar-refractivity contribution in [2.75, 3.05) is 13.2 Å². The van der Waals surface area contributed by atoms with E-state index in [4.69, 9.17) is 4.74 Å². The van der Waals surface area contributed by atoms with Gasteiger partial charge in [0.15, 0.2) is 0 Å². The lowest BCUT2D eigenvalue weighted by molar-refractivity contribution is -0.145. The SMILES string of the molecule is C=CNCCOC(=O)C(C)(I)c1ccccc1. The first-order valence-corrected chi connectivity index (χ1v) is 6.43. The molecule has 0 saturated heterocycles. The molecule has 92 valence electrons. The maximum absolute atomic E-state index is 11.9. The second kappa shape index (κ2) is 6.64. The number of hydrogen-bond donors (Lipinski definition) is 1. The molecule has 0 aromatic heterocycles. The highest BCUT2D eigenvalue weighted by Gasteiger charge is 2.33. The van der Waals surface area contributed by atoms with E-state index in [1.807, 2.05) is 37.3 Å². The van der Waals surface area contributed by atoms with Crippen LogP contribution in [0.1, 0.15) is 12.5 Å². The number of rotatable bonds is 6. The third-order valence-corrected chi connectivity index (χ3v) is 3.39. The zero-order valence-electron chi connectivity index (χ0n) is 9.78. The van der Waals surface area contributed by atoms with Crippen LogP contribution in [0.25, 0.3) is 0 Å². The number of ether oxygens (including phenoxy) is 1. The minimum Gasteiger partial charge on any atom is -0.463 e. The molecule has 1 atom stereocenters. The van der Waals surface area contributed by atoms with E-state index in [0.717, 1.165) is 5.56 Å². The predicted molar refractivity (Wildman–Crippen MR) is 77.0 cm³/mol. The first-order chi connectivity index (χ1) is 8.09. The van der Waals surface area contributed by atoms with E-state index in [0.29, 0.717) is 13.2 Å². The minimum atomic E-state index is -0.646. The van der Waals surface area contributed by atoms with Gasteiger partial charge >= 0.3 is 5.97 Å². The van der Waals surface area contributed by atoms with Crippen molar-refractivity contribution in [1.29, 1.82) is 0 Å². The van der Waals surface area contributed by atoms with E-state index < -0.39 is 3.42 Å². The maximum Gasteiger partial charge on any atom is 0.326 e. The van der Waals surface area contributed by atoms with Crippen molar-refractivity contribution in [1.82, 2.24) is 5.32 Å². The molecule has 0 fully saturated rings. The molecule has 1 N–H and O–H groups in total. The predicted octanol–water partition coefficient (Wildman–Crippen LogP) is 2.61. The second-order valence-corrected chi connectivity index (χ2v) is 5.82. The summed E-state index contributed by atoms with van der Waals surface area (Å²) in [5.41, 5.74) is 0.947. The monoisotopic (exact) mass is 345 g/mol. The van der Waals surface area contributed by atoms with Crippen LogP contribution in [0.3, 0.4) is 0 Å². The van der Waals surface area contributed by atoms with Crippen molar-refractivity contribution in [2.24, 2.45) is 0 Å². The first kappa shape index (κ1) is 14.0. The number of benzene rings is 1. The molecule has 1 aromatic rings. The summed E-state index contributed by atoms with van der Waals surface area (Å²) in [6, 6.07) is 9.61. The fourth-order valence-electron chi connectivity index (χ4n) is 1.31. The number of carbonyl (C=O) groups is 1. The summed E-state index contributed by atoms with van der Waals surface area (Å²) >= 11 is 2.11. The van der Waals surface area contributed by atoms with Gasteiger partial charge in [0, 0.05) is 6.54 Å². The zero-order chi connectivity index (χ0) is 12.7. The third-order valence-electron chi connectivity index (χ3n) is 2.32. The van der Waals surface area contributed by atoms with Crippen molar-refractivity contribution >= 4 is 28.6 Å². The summed E-state index contributed by atoms with van der Waals surface area (Å²) in [4.78, 5) is 11.9. The van der Waals surface area contributed by atoms with Crippen LogP contribution in [-0.2, 0) is 13.0 Å². The third kappa shape index (κ3) is 4.03. The molecule has 0 aliphatic heterocycles. The van der Waals surface area contributed by atoms with Gasteiger partial charge in [-0.2, -0.15) is 0 Å². The number of alkyl halides is 1. The van der Waals surface area contributed by atoms with E-state index >= 15 is 0 Å². The Morgan fingerprint density at radius 2 is 2.18 bits per heavy atom. The van der Waals surface area contributed by atoms with E-state index in [2.05, 4.69) is 34.5 Å². The van der Waals surface area contributed by atoms with E-state index in [-0.39, 0.29) is 5.97 Å². The summed E-state index contributed by atoms with van der Waals surface area (Å²) < 4.78 is 4.56. The van der Waals surface area contributed by atoms with Crippen molar-refractivity contribution in [3.63, 3.8) is 0 Å². The molecule has 1 unspecified atom stereocenters. The molecule has 4 heteroatoms. The molecule has 0 spiro atoms. The number of carbonyl (C=O) groups excluding carboxylic acids is 1. The van der Waals surface area contributed by atoms with Crippen LogP contribution in [0.2, 0.25) is 0 Å². The number of nitrogens with one attached hydrogen (secondary N) is 1. The lowest BCUT2D eigenvalue weighted by Gasteiger charge is -2.21. The van der Waals surface area contributed by atoms with Crippen molar-refractivity contribution < 1.29 is 9.53 Å². The fourth-order valence-corrected chi connectivity index (χ4v) is 1.82. The Balaban J connectivity index is 2.58. The van der Waals surface area contributed by atoms with Crippen LogP contribution in [0.15, 0.2) is 43.1 Å². The van der Waals surface area contributed by atoms with Gasteiger partial charge in [0.1, 0.15) is 10.0 Å². The molecule has 17 heavy (non-hydrogen) atoms. The Kier molecular flexibility index (Phi) is 5.47. The lowest BCUT2D eigenvalue weighted by atomic mass is 10.0. The van der Waals surface area contributed by atoms with Crippen LogP contribution in [-0.4, -0.2) is 19.1 Å². The van der Waals surface area contributed by atoms with Crippen molar-refractivity contribution in [3.05, 3.63) is 48.7 Å². The molecule has 0 aliphatic rings. The Hall–Kier alpha value is -1.04. The summed E-state index contributed by atoms with van der Waals surface area (Å²) in [5.74, 6) is -0.227. The highest BCUT2D eigenvalue weighted by atomic mass is 127. The molecule has 0 aliphatic carbocycles. The van der Waals surface area contributed by atoms with Crippen LogP contribution in [0.4, 0.5) is 0 Å². The molecular formula is C13H16INO2. The number of hydrogen-bond acceptors (Lipinski definition) is 3. The molecular weight excluding hydrogens is 329 g/mol. The molecule has 0 radical (unpaired) electrons. The van der Waals surface area contributed by atoms with Gasteiger partial charge in [-0.15, -0.1) is 0 Å². The molecule has 0 saturated carbocycles. The van der Waals surface area contributed by atoms with Gasteiger partial charge in [0.05, 0.1) is 0 Å². The normalized spacial score (nSPS) is 13.5. The van der Waals surface area contributed by atoms with Gasteiger partial charge in [-0.3, -0.25) is 4.79 Å². The molecule has 0 amide bonds. The van der Waals surface area contributed by atoms with Crippen molar-refractivity contribution in [3.8, 4) is 0 Å². The van der Waals surface area contributed by atoms with E-state index in [1.54, 1.807) is 6.20 Å². The average molecular weight is 345 g/mol. The maximum atomic E-state index is 11.9. The quantitative estimate of drug-likeness (QED) is 0.373. The van der Waals surface area contributed by atoms with E-state index in [1.165, 1.54) is 0 Å². The Morgan fingerprint density at radius 1 is 1.53 bits per heavy atom. The topological polar surface area (TPSA) is 38.3 Å². The van der Waals surface area contributed by atoms with Gasteiger partial charge in [-0.1, -0.05) is 59.5 Å². The van der Waals surface area contributed by atoms with Gasteiger partial charge in [-0.25, -0.2) is 0 Å².